The summed E-state index contributed by atoms with van der Waals surface area (Å²) < 4.78 is 36.9. The van der Waals surface area contributed by atoms with Crippen molar-refractivity contribution in [2.24, 2.45) is 17.6 Å². The second-order valence-electron chi connectivity index (χ2n) is 20.5. The summed E-state index contributed by atoms with van der Waals surface area (Å²) in [6, 6.07) is 4.62. The number of anilines is 1. The van der Waals surface area contributed by atoms with Crippen molar-refractivity contribution in [3.05, 3.63) is 76.1 Å². The van der Waals surface area contributed by atoms with E-state index in [1.807, 2.05) is 74.2 Å². The zero-order chi connectivity index (χ0) is 56.8. The van der Waals surface area contributed by atoms with Crippen molar-refractivity contribution in [3.8, 4) is 0 Å². The van der Waals surface area contributed by atoms with Crippen LogP contribution in [0.25, 0.3) is 0 Å². The van der Waals surface area contributed by atoms with E-state index in [0.717, 1.165) is 22.3 Å². The van der Waals surface area contributed by atoms with Gasteiger partial charge in [-0.15, -0.1) is 0 Å². The number of amides is 5. The number of nitrogens with one attached hydrogen (secondary N) is 3. The van der Waals surface area contributed by atoms with E-state index in [1.54, 1.807) is 33.0 Å². The summed E-state index contributed by atoms with van der Waals surface area (Å²) in [6.07, 6.45) is 4.23. The number of methoxy groups -OCH3 is 1. The van der Waals surface area contributed by atoms with Crippen LogP contribution in [0.3, 0.4) is 0 Å². The van der Waals surface area contributed by atoms with Crippen molar-refractivity contribution in [3.63, 3.8) is 0 Å². The number of Topliss-reactive ketones (excluding diaryl/α,β-unsaturated/α-hetero) is 1. The smallest absolute Gasteiger partial charge is 0.409 e. The second-order valence-corrected chi connectivity index (χ2v) is 20.9. The quantitative estimate of drug-likeness (QED) is 0.0437. The van der Waals surface area contributed by atoms with Gasteiger partial charge in [-0.3, -0.25) is 34.7 Å². The number of hydrogen-bond donors (Lipinski definition) is 5. The third-order valence-electron chi connectivity index (χ3n) is 14.5. The molecule has 6 N–H and O–H groups in total. The molecule has 4 bridgehead atoms. The lowest BCUT2D eigenvalue weighted by Crippen LogP contribution is -2.63. The molecule has 426 valence electrons. The first-order valence-corrected chi connectivity index (χ1v) is 26.3. The van der Waals surface area contributed by atoms with Gasteiger partial charge in [-0.25, -0.2) is 14.6 Å². The number of carbonyl (C=O) groups excluding carboxylic acids is 7. The van der Waals surface area contributed by atoms with Gasteiger partial charge < -0.3 is 58.9 Å². The molecule has 23 heteroatoms. The molecule has 5 rings (SSSR count). The van der Waals surface area contributed by atoms with Gasteiger partial charge in [0.15, 0.2) is 5.72 Å². The number of epoxide rings is 1. The summed E-state index contributed by atoms with van der Waals surface area (Å²) in [6.45, 7) is 10.3. The Bertz CT molecular complexity index is 2490. The Hall–Kier alpha value is -5.72. The number of hydrazine groups is 1. The summed E-state index contributed by atoms with van der Waals surface area (Å²) >= 11 is 6.82. The van der Waals surface area contributed by atoms with Crippen LogP contribution >= 0.6 is 11.6 Å². The number of carbonyl (C=O) groups is 7. The van der Waals surface area contributed by atoms with Crippen LogP contribution in [0.1, 0.15) is 82.9 Å². The Morgan fingerprint density at radius 3 is 2.47 bits per heavy atom. The number of aromatic nitrogens is 1. The highest BCUT2D eigenvalue weighted by atomic mass is 35.5. The summed E-state index contributed by atoms with van der Waals surface area (Å²) in [5, 5.41) is 19.3. The third-order valence-corrected chi connectivity index (χ3v) is 14.9. The van der Waals surface area contributed by atoms with Gasteiger partial charge in [-0.2, -0.15) is 0 Å². The van der Waals surface area contributed by atoms with E-state index in [1.165, 1.54) is 30.9 Å². The van der Waals surface area contributed by atoms with Gasteiger partial charge in [-0.05, 0) is 70.0 Å². The van der Waals surface area contributed by atoms with Crippen LogP contribution in [-0.4, -0.2) is 171 Å². The topological polar surface area (TPSA) is 275 Å². The fraction of sp³-hybridized carbons (Fsp3) is 0.611. The van der Waals surface area contributed by atoms with Gasteiger partial charge in [0.05, 0.1) is 62.0 Å². The summed E-state index contributed by atoms with van der Waals surface area (Å²) in [4.78, 5) is 94.8. The highest BCUT2D eigenvalue weighted by Gasteiger charge is 2.64. The maximum atomic E-state index is 14.3. The maximum Gasteiger partial charge on any atom is 0.409 e. The molecule has 3 aliphatic rings. The zero-order valence-corrected chi connectivity index (χ0v) is 46.8. The molecular formula is C54H79ClN8O14. The van der Waals surface area contributed by atoms with E-state index in [2.05, 4.69) is 16.1 Å². The molecule has 0 spiro atoms. The van der Waals surface area contributed by atoms with E-state index in [0.29, 0.717) is 30.2 Å². The Morgan fingerprint density at radius 1 is 1.06 bits per heavy atom. The fourth-order valence-electron chi connectivity index (χ4n) is 9.51. The summed E-state index contributed by atoms with van der Waals surface area (Å²) in [7, 11) is 8.21. The number of ether oxygens (including phenoxy) is 6. The van der Waals surface area contributed by atoms with Gasteiger partial charge in [0.25, 0.3) is 0 Å². The Morgan fingerprint density at radius 2 is 1.78 bits per heavy atom. The minimum Gasteiger partial charge on any atom is -0.457 e. The molecule has 2 aromatic rings. The minimum absolute atomic E-state index is 0.00112. The van der Waals surface area contributed by atoms with Crippen LogP contribution in [0.15, 0.2) is 54.4 Å². The molecule has 5 amide bonds. The molecule has 3 aliphatic heterocycles. The van der Waals surface area contributed by atoms with Gasteiger partial charge in [0, 0.05) is 91.9 Å². The number of rotatable bonds is 24. The largest absolute Gasteiger partial charge is 0.457 e. The number of likely N-dealkylation sites (N-methyl/N-ethyl adjacent to an activating group) is 1. The fourth-order valence-corrected chi connectivity index (χ4v) is 9.75. The number of nitrogens with zero attached hydrogens (tertiary/aromatic N) is 4. The molecule has 0 saturated carbocycles. The number of alkyl carbamates (subject to hydrolysis) is 1. The van der Waals surface area contributed by atoms with E-state index in [9.17, 15) is 38.7 Å². The molecule has 0 radical (unpaired) electrons. The maximum absolute atomic E-state index is 14.3. The number of ketones is 1. The number of fused-ring (bicyclic) bond motifs is 5. The van der Waals surface area contributed by atoms with Crippen molar-refractivity contribution >= 4 is 58.8 Å². The molecule has 1 aromatic heterocycles. The first-order valence-electron chi connectivity index (χ1n) is 25.9. The molecule has 77 heavy (non-hydrogen) atoms. The Kier molecular flexibility index (Phi) is 22.8. The molecule has 1 aromatic carbocycles. The van der Waals surface area contributed by atoms with Crippen molar-refractivity contribution in [1.82, 2.24) is 30.5 Å². The van der Waals surface area contributed by atoms with Crippen LogP contribution in [0.5, 0.6) is 0 Å². The number of allylic oxidation sites excluding steroid dienone is 3. The average molecular weight is 1100 g/mol. The van der Waals surface area contributed by atoms with Crippen LogP contribution in [-0.2, 0) is 76.7 Å². The standard InChI is InChI=1S/C54H79ClN8O14/c1-33-12-11-13-43(72-10)54(71)30-42(75-52(70)59-54)35(3)49-53(5,77-49)44(29-47(67)62(9)41-26-38(24-33)25-34(2)48(41)55)76-51(69)36(4)61(8)46(66)16-20-73-22-23-74-21-17-58-50(68)39(28-45(56)65)27-40(64)15-19-63-18-14-37(32-63)31-60(7)57-6/h11-14,18,25-26,32,35-36,39,42-44,49,57,71H,15-17,19-24,27-31H2,1-10H3,(H2,56,65)(H,58,68)(H,59,70)/b13-11+,33-12+/t35-,36+,39+,42+,43-,44+,49?,53+,54-/m1/s1. The second kappa shape index (κ2) is 28.2. The van der Waals surface area contributed by atoms with Crippen molar-refractivity contribution < 1.29 is 67.1 Å². The molecule has 0 aliphatic carbocycles. The molecule has 2 saturated heterocycles. The molecule has 1 unspecified atom stereocenters. The predicted octanol–water partition coefficient (Wildman–Crippen LogP) is 3.26. The van der Waals surface area contributed by atoms with Gasteiger partial charge >= 0.3 is 12.1 Å². The number of benzene rings is 1. The summed E-state index contributed by atoms with van der Waals surface area (Å²) in [5.74, 6) is -4.51. The number of halogens is 1. The van der Waals surface area contributed by atoms with E-state index >= 15 is 0 Å². The summed E-state index contributed by atoms with van der Waals surface area (Å²) in [5.41, 5.74) is 9.38. The van der Waals surface area contributed by atoms with E-state index in [4.69, 9.17) is 45.8 Å². The number of primary amides is 1. The number of esters is 1. The Labute approximate surface area is 456 Å². The lowest BCUT2D eigenvalue weighted by molar-refractivity contribution is -0.162. The van der Waals surface area contributed by atoms with Crippen molar-refractivity contribution in [2.45, 2.75) is 134 Å². The van der Waals surface area contributed by atoms with Crippen LogP contribution in [0.4, 0.5) is 10.5 Å². The Balaban J connectivity index is 1.13. The minimum atomic E-state index is -1.86. The first kappa shape index (κ1) is 62.1. The lowest BCUT2D eigenvalue weighted by Gasteiger charge is -2.42. The predicted molar refractivity (Wildman–Crippen MR) is 285 cm³/mol. The number of hydrogen-bond acceptors (Lipinski definition) is 16. The first-order chi connectivity index (χ1) is 36.4. The molecule has 2 fully saturated rings. The van der Waals surface area contributed by atoms with Crippen LogP contribution < -0.4 is 26.7 Å². The van der Waals surface area contributed by atoms with Crippen LogP contribution in [0, 0.1) is 18.8 Å². The van der Waals surface area contributed by atoms with Crippen LogP contribution in [0.2, 0.25) is 5.02 Å². The van der Waals surface area contributed by atoms with Gasteiger partial charge in [-0.1, -0.05) is 48.4 Å². The number of aliphatic hydroxyl groups is 1. The average Bonchev–Trinajstić information content (AvgIpc) is 3.89. The SMILES string of the molecule is CNN(C)Cc1ccn(CCC(=O)C[C@@H](CC(N)=O)C(=O)NCCOCCOCCC(=O)N(C)[C@@H](C)C(=O)O[C@H]2CC(=O)N(C)c3cc(cc(C)c3Cl)C/C(C)=C/C=C/[C@@H](OC)[C@]3(O)C[C@H](OC(=O)N3)[C@@H](C)C3O[C@]32C)c1. The zero-order valence-electron chi connectivity index (χ0n) is 46.1. The van der Waals surface area contributed by atoms with Gasteiger partial charge in [0.1, 0.15) is 35.7 Å². The highest BCUT2D eigenvalue weighted by Crippen LogP contribution is 2.49. The van der Waals surface area contributed by atoms with E-state index < -0.39 is 89.3 Å². The highest BCUT2D eigenvalue weighted by molar-refractivity contribution is 6.34. The normalized spacial score (nSPS) is 25.5. The lowest BCUT2D eigenvalue weighted by atomic mass is 9.83. The third kappa shape index (κ3) is 17.4. The van der Waals surface area contributed by atoms with Crippen molar-refractivity contribution in [2.75, 3.05) is 73.2 Å². The molecular weight excluding hydrogens is 1020 g/mol. The monoisotopic (exact) mass is 1100 g/mol. The molecule has 4 heterocycles. The number of aryl methyl sites for hydroxylation is 2. The molecule has 22 nitrogen and oxygen atoms in total. The molecule has 9 atom stereocenters. The van der Waals surface area contributed by atoms with Gasteiger partial charge in [0.2, 0.25) is 23.6 Å². The number of nitrogens with two attached hydrogens (primary N) is 1. The van der Waals surface area contributed by atoms with E-state index in [-0.39, 0.29) is 77.3 Å². The van der Waals surface area contributed by atoms with Crippen molar-refractivity contribution in [1.29, 1.82) is 0 Å².